The van der Waals surface area contributed by atoms with Crippen molar-refractivity contribution in [3.05, 3.63) is 27.9 Å². The average molecular weight is 175 g/mol. The monoisotopic (exact) mass is 175 g/mol. The molecule has 1 aromatic heterocycles. The number of hydrogen-bond donors (Lipinski definition) is 1. The van der Waals surface area contributed by atoms with E-state index in [1.807, 2.05) is 6.07 Å². The molecule has 0 aliphatic heterocycles. The molecule has 66 valence electrons. The normalized spacial score (nSPS) is 15.3. The number of hydrogen-bond acceptors (Lipinski definition) is 3. The summed E-state index contributed by atoms with van der Waals surface area (Å²) in [4.78, 5) is 18.0. The molecule has 1 heterocycles. The van der Waals surface area contributed by atoms with Crippen molar-refractivity contribution in [2.24, 2.45) is 0 Å². The van der Waals surface area contributed by atoms with Crippen molar-refractivity contribution in [2.45, 2.75) is 25.2 Å². The number of aromatic amines is 1. The first kappa shape index (κ1) is 7.99. The molecule has 2 rings (SSSR count). The van der Waals surface area contributed by atoms with Gasteiger partial charge in [-0.05, 0) is 12.8 Å². The third-order valence-corrected chi connectivity index (χ3v) is 2.04. The van der Waals surface area contributed by atoms with Crippen LogP contribution in [0.1, 0.15) is 30.3 Å². The number of rotatable bonds is 2. The van der Waals surface area contributed by atoms with E-state index in [4.69, 9.17) is 5.26 Å². The molecule has 1 saturated carbocycles. The summed E-state index contributed by atoms with van der Waals surface area (Å²) in [7, 11) is 0. The Kier molecular flexibility index (Phi) is 1.85. The van der Waals surface area contributed by atoms with E-state index in [2.05, 4.69) is 9.97 Å². The van der Waals surface area contributed by atoms with Crippen molar-refractivity contribution in [3.8, 4) is 6.07 Å². The van der Waals surface area contributed by atoms with Crippen LogP contribution in [0.3, 0.4) is 0 Å². The smallest absolute Gasteiger partial charge is 0.251 e. The Morgan fingerprint density at radius 2 is 2.46 bits per heavy atom. The fraction of sp³-hybridized carbons (Fsp3) is 0.444. The SMILES string of the molecule is N#CCc1cc(=O)[nH]c(C2CC2)n1. The zero-order valence-electron chi connectivity index (χ0n) is 7.08. The molecule has 1 aliphatic rings. The van der Waals surface area contributed by atoms with Gasteiger partial charge in [0.1, 0.15) is 5.82 Å². The molecule has 0 spiro atoms. The fourth-order valence-corrected chi connectivity index (χ4v) is 1.25. The summed E-state index contributed by atoms with van der Waals surface area (Å²) in [6.07, 6.45) is 2.40. The quantitative estimate of drug-likeness (QED) is 0.719. The Balaban J connectivity index is 2.37. The second-order valence-electron chi connectivity index (χ2n) is 3.23. The lowest BCUT2D eigenvalue weighted by atomic mass is 10.3. The van der Waals surface area contributed by atoms with Crippen LogP contribution in [-0.2, 0) is 6.42 Å². The summed E-state index contributed by atoms with van der Waals surface area (Å²) >= 11 is 0. The lowest BCUT2D eigenvalue weighted by molar-refractivity contribution is 0.876. The molecular formula is C9H9N3O. The molecule has 1 N–H and O–H groups in total. The van der Waals surface area contributed by atoms with Gasteiger partial charge in [0.2, 0.25) is 0 Å². The minimum Gasteiger partial charge on any atom is -0.310 e. The van der Waals surface area contributed by atoms with E-state index in [9.17, 15) is 4.79 Å². The summed E-state index contributed by atoms with van der Waals surface area (Å²) in [6.45, 7) is 0. The number of nitriles is 1. The Hall–Kier alpha value is -1.63. The first-order chi connectivity index (χ1) is 6.29. The summed E-state index contributed by atoms with van der Waals surface area (Å²) in [5.74, 6) is 1.17. The second-order valence-corrected chi connectivity index (χ2v) is 3.23. The predicted molar refractivity (Wildman–Crippen MR) is 46.1 cm³/mol. The van der Waals surface area contributed by atoms with E-state index < -0.39 is 0 Å². The van der Waals surface area contributed by atoms with Gasteiger partial charge in [0.05, 0.1) is 18.2 Å². The van der Waals surface area contributed by atoms with Crippen LogP contribution in [-0.4, -0.2) is 9.97 Å². The van der Waals surface area contributed by atoms with E-state index in [0.29, 0.717) is 11.6 Å². The Morgan fingerprint density at radius 3 is 3.08 bits per heavy atom. The van der Waals surface area contributed by atoms with Crippen molar-refractivity contribution < 1.29 is 0 Å². The molecule has 0 amide bonds. The average Bonchev–Trinajstić information content (AvgIpc) is 2.85. The van der Waals surface area contributed by atoms with Crippen LogP contribution in [0.25, 0.3) is 0 Å². The van der Waals surface area contributed by atoms with Crippen LogP contribution in [0.2, 0.25) is 0 Å². The van der Waals surface area contributed by atoms with Crippen LogP contribution < -0.4 is 5.56 Å². The minimum absolute atomic E-state index is 0.151. The van der Waals surface area contributed by atoms with Crippen LogP contribution in [0.5, 0.6) is 0 Å². The molecule has 1 aliphatic carbocycles. The van der Waals surface area contributed by atoms with E-state index in [1.54, 1.807) is 0 Å². The summed E-state index contributed by atoms with van der Waals surface area (Å²) in [5, 5.41) is 8.45. The Morgan fingerprint density at radius 1 is 1.69 bits per heavy atom. The van der Waals surface area contributed by atoms with Gasteiger partial charge in [-0.25, -0.2) is 4.98 Å². The highest BCUT2D eigenvalue weighted by atomic mass is 16.1. The number of nitrogens with one attached hydrogen (secondary N) is 1. The fourth-order valence-electron chi connectivity index (χ4n) is 1.25. The van der Waals surface area contributed by atoms with Gasteiger partial charge in [0.25, 0.3) is 5.56 Å². The molecule has 0 bridgehead atoms. The summed E-state index contributed by atoms with van der Waals surface area (Å²) < 4.78 is 0. The lowest BCUT2D eigenvalue weighted by Gasteiger charge is -1.98. The van der Waals surface area contributed by atoms with Crippen molar-refractivity contribution in [1.82, 2.24) is 9.97 Å². The molecule has 0 atom stereocenters. The molecule has 13 heavy (non-hydrogen) atoms. The molecular weight excluding hydrogens is 166 g/mol. The van der Waals surface area contributed by atoms with Crippen molar-refractivity contribution in [1.29, 1.82) is 5.26 Å². The largest absolute Gasteiger partial charge is 0.310 e. The van der Waals surface area contributed by atoms with E-state index in [-0.39, 0.29) is 12.0 Å². The van der Waals surface area contributed by atoms with Gasteiger partial charge < -0.3 is 4.98 Å². The zero-order chi connectivity index (χ0) is 9.26. The van der Waals surface area contributed by atoms with Crippen LogP contribution >= 0.6 is 0 Å². The summed E-state index contributed by atoms with van der Waals surface area (Å²) in [6, 6.07) is 3.37. The molecule has 4 heteroatoms. The molecule has 4 nitrogen and oxygen atoms in total. The minimum atomic E-state index is -0.151. The number of aromatic nitrogens is 2. The molecule has 0 aromatic carbocycles. The lowest BCUT2D eigenvalue weighted by Crippen LogP contribution is -2.11. The van der Waals surface area contributed by atoms with Gasteiger partial charge in [-0.2, -0.15) is 5.26 Å². The molecule has 0 unspecified atom stereocenters. The first-order valence-electron chi connectivity index (χ1n) is 4.26. The maximum absolute atomic E-state index is 11.1. The van der Waals surface area contributed by atoms with Gasteiger partial charge in [-0.3, -0.25) is 4.79 Å². The van der Waals surface area contributed by atoms with Gasteiger partial charge in [-0.1, -0.05) is 0 Å². The van der Waals surface area contributed by atoms with E-state index in [1.165, 1.54) is 6.07 Å². The Bertz CT molecular complexity index is 412. The second kappa shape index (κ2) is 3.02. The predicted octanol–water partition coefficient (Wildman–Crippen LogP) is 0.713. The maximum Gasteiger partial charge on any atom is 0.251 e. The van der Waals surface area contributed by atoms with Gasteiger partial charge >= 0.3 is 0 Å². The first-order valence-corrected chi connectivity index (χ1v) is 4.26. The van der Waals surface area contributed by atoms with Crippen molar-refractivity contribution in [2.75, 3.05) is 0 Å². The molecule has 1 aromatic rings. The van der Waals surface area contributed by atoms with Crippen LogP contribution in [0.4, 0.5) is 0 Å². The van der Waals surface area contributed by atoms with Crippen LogP contribution in [0.15, 0.2) is 10.9 Å². The highest BCUT2D eigenvalue weighted by molar-refractivity contribution is 5.12. The standard InChI is InChI=1S/C9H9N3O/c10-4-3-7-5-8(13)12-9(11-7)6-1-2-6/h5-6H,1-3H2,(H,11,12,13). The molecule has 1 fully saturated rings. The zero-order valence-corrected chi connectivity index (χ0v) is 7.08. The topological polar surface area (TPSA) is 69.5 Å². The Labute approximate surface area is 75.2 Å². The summed E-state index contributed by atoms with van der Waals surface area (Å²) in [5.41, 5.74) is 0.426. The third kappa shape index (κ3) is 1.75. The maximum atomic E-state index is 11.1. The highest BCUT2D eigenvalue weighted by Gasteiger charge is 2.26. The number of nitrogens with zero attached hydrogens (tertiary/aromatic N) is 2. The third-order valence-electron chi connectivity index (χ3n) is 2.04. The van der Waals surface area contributed by atoms with Crippen molar-refractivity contribution >= 4 is 0 Å². The molecule has 0 saturated heterocycles. The molecule has 0 radical (unpaired) electrons. The van der Waals surface area contributed by atoms with E-state index in [0.717, 1.165) is 18.7 Å². The van der Waals surface area contributed by atoms with E-state index >= 15 is 0 Å². The van der Waals surface area contributed by atoms with Crippen molar-refractivity contribution in [3.63, 3.8) is 0 Å². The van der Waals surface area contributed by atoms with Gasteiger partial charge in [-0.15, -0.1) is 0 Å². The van der Waals surface area contributed by atoms with Crippen LogP contribution in [0, 0.1) is 11.3 Å². The number of H-pyrrole nitrogens is 1. The van der Waals surface area contributed by atoms with Gasteiger partial charge in [0, 0.05) is 12.0 Å². The van der Waals surface area contributed by atoms with Gasteiger partial charge in [0.15, 0.2) is 0 Å². The highest BCUT2D eigenvalue weighted by Crippen LogP contribution is 2.37.